The Kier molecular flexibility index (Phi) is 3.59. The lowest BCUT2D eigenvalue weighted by Crippen LogP contribution is -2.27. The van der Waals surface area contributed by atoms with E-state index in [0.717, 1.165) is 5.56 Å². The Hall–Kier alpha value is -1.20. The first-order chi connectivity index (χ1) is 8.11. The van der Waals surface area contributed by atoms with Gasteiger partial charge in [-0.3, -0.25) is 9.69 Å². The van der Waals surface area contributed by atoms with E-state index in [4.69, 9.17) is 12.2 Å². The van der Waals surface area contributed by atoms with E-state index in [-0.39, 0.29) is 11.7 Å². The Morgan fingerprint density at radius 1 is 1.41 bits per heavy atom. The van der Waals surface area contributed by atoms with Gasteiger partial charge in [0.25, 0.3) is 5.91 Å². The van der Waals surface area contributed by atoms with Crippen LogP contribution in [0.2, 0.25) is 0 Å². The van der Waals surface area contributed by atoms with Crippen LogP contribution in [0, 0.1) is 5.82 Å². The van der Waals surface area contributed by atoms with Crippen LogP contribution in [-0.4, -0.2) is 21.7 Å². The summed E-state index contributed by atoms with van der Waals surface area (Å²) in [6.45, 7) is 2.46. The van der Waals surface area contributed by atoms with Crippen molar-refractivity contribution < 1.29 is 9.18 Å². The third-order valence-electron chi connectivity index (χ3n) is 2.36. The molecule has 2 rings (SSSR count). The summed E-state index contributed by atoms with van der Waals surface area (Å²) in [7, 11) is 0. The summed E-state index contributed by atoms with van der Waals surface area (Å²) in [6, 6.07) is 6.00. The van der Waals surface area contributed by atoms with Crippen LogP contribution in [0.25, 0.3) is 6.08 Å². The van der Waals surface area contributed by atoms with E-state index in [1.165, 1.54) is 23.9 Å². The van der Waals surface area contributed by atoms with Crippen molar-refractivity contribution in [3.8, 4) is 0 Å². The second-order valence-electron chi connectivity index (χ2n) is 3.48. The molecule has 17 heavy (non-hydrogen) atoms. The zero-order chi connectivity index (χ0) is 12.4. The van der Waals surface area contributed by atoms with E-state index in [1.807, 2.05) is 6.92 Å². The molecule has 0 saturated carbocycles. The summed E-state index contributed by atoms with van der Waals surface area (Å²) in [5, 5.41) is 0. The van der Waals surface area contributed by atoms with Gasteiger partial charge in [0.15, 0.2) is 0 Å². The quantitative estimate of drug-likeness (QED) is 0.607. The monoisotopic (exact) mass is 267 g/mol. The summed E-state index contributed by atoms with van der Waals surface area (Å²) in [5.74, 6) is -0.366. The predicted octanol–water partition coefficient (Wildman–Crippen LogP) is 3.05. The lowest BCUT2D eigenvalue weighted by molar-refractivity contribution is -0.121. The average molecular weight is 267 g/mol. The first-order valence-electron chi connectivity index (χ1n) is 5.12. The molecule has 1 aromatic carbocycles. The molecule has 1 aliphatic heterocycles. The van der Waals surface area contributed by atoms with Crippen LogP contribution in [0.3, 0.4) is 0 Å². The van der Waals surface area contributed by atoms with Crippen LogP contribution in [0.5, 0.6) is 0 Å². The Morgan fingerprint density at radius 2 is 2.06 bits per heavy atom. The van der Waals surface area contributed by atoms with Crippen molar-refractivity contribution in [3.63, 3.8) is 0 Å². The molecule has 88 valence electrons. The molecule has 1 heterocycles. The summed E-state index contributed by atoms with van der Waals surface area (Å²) < 4.78 is 13.3. The van der Waals surface area contributed by atoms with Gasteiger partial charge < -0.3 is 0 Å². The lowest BCUT2D eigenvalue weighted by Gasteiger charge is -2.09. The molecule has 0 aliphatic carbocycles. The number of hydrogen-bond donors (Lipinski definition) is 0. The van der Waals surface area contributed by atoms with E-state index in [9.17, 15) is 9.18 Å². The molecule has 0 radical (unpaired) electrons. The highest BCUT2D eigenvalue weighted by atomic mass is 32.2. The zero-order valence-corrected chi connectivity index (χ0v) is 10.8. The zero-order valence-electron chi connectivity index (χ0n) is 9.14. The minimum absolute atomic E-state index is 0.0770. The Bertz CT molecular complexity index is 496. The molecule has 5 heteroatoms. The number of likely N-dealkylation sites (N-methyl/N-ethyl adjacent to an activating group) is 1. The highest BCUT2D eigenvalue weighted by Crippen LogP contribution is 2.32. The van der Waals surface area contributed by atoms with Crippen LogP contribution in [-0.2, 0) is 4.79 Å². The Labute approximate surface area is 108 Å². The number of thioether (sulfide) groups is 1. The van der Waals surface area contributed by atoms with Crippen molar-refractivity contribution in [2.45, 2.75) is 6.92 Å². The smallest absolute Gasteiger partial charge is 0.266 e. The largest absolute Gasteiger partial charge is 0.293 e. The fraction of sp³-hybridized carbons (Fsp3) is 0.167. The summed E-state index contributed by atoms with van der Waals surface area (Å²) >= 11 is 6.38. The maximum absolute atomic E-state index is 12.7. The van der Waals surface area contributed by atoms with Crippen molar-refractivity contribution in [1.29, 1.82) is 0 Å². The lowest BCUT2D eigenvalue weighted by atomic mass is 10.2. The van der Waals surface area contributed by atoms with E-state index >= 15 is 0 Å². The first kappa shape index (κ1) is 12.3. The number of halogens is 1. The fourth-order valence-electron chi connectivity index (χ4n) is 1.48. The third kappa shape index (κ3) is 2.56. The standard InChI is InChI=1S/C12H10FNOS2/c1-2-14-11(15)10(17-12(14)16)7-8-3-5-9(13)6-4-8/h3-7H,2H2,1H3. The van der Waals surface area contributed by atoms with Gasteiger partial charge in [0.1, 0.15) is 10.1 Å². The van der Waals surface area contributed by atoms with Crippen LogP contribution < -0.4 is 0 Å². The summed E-state index contributed by atoms with van der Waals surface area (Å²) in [5.41, 5.74) is 0.794. The van der Waals surface area contributed by atoms with Gasteiger partial charge in [-0.2, -0.15) is 0 Å². The molecule has 1 aliphatic rings. The Balaban J connectivity index is 2.27. The first-order valence-corrected chi connectivity index (χ1v) is 6.35. The molecule has 0 unspecified atom stereocenters. The summed E-state index contributed by atoms with van der Waals surface area (Å²) in [6.07, 6.45) is 1.73. The van der Waals surface area contributed by atoms with Crippen LogP contribution in [0.1, 0.15) is 12.5 Å². The molecule has 1 fully saturated rings. The number of nitrogens with zero attached hydrogens (tertiary/aromatic N) is 1. The summed E-state index contributed by atoms with van der Waals surface area (Å²) in [4.78, 5) is 14.0. The molecule has 0 atom stereocenters. The minimum Gasteiger partial charge on any atom is -0.293 e. The van der Waals surface area contributed by atoms with Gasteiger partial charge >= 0.3 is 0 Å². The van der Waals surface area contributed by atoms with Gasteiger partial charge in [-0.1, -0.05) is 36.1 Å². The van der Waals surface area contributed by atoms with E-state index in [0.29, 0.717) is 15.8 Å². The highest BCUT2D eigenvalue weighted by molar-refractivity contribution is 8.26. The average Bonchev–Trinajstić information content (AvgIpc) is 2.57. The maximum atomic E-state index is 12.7. The van der Waals surface area contributed by atoms with Crippen LogP contribution >= 0.6 is 24.0 Å². The van der Waals surface area contributed by atoms with Crippen molar-refractivity contribution in [3.05, 3.63) is 40.6 Å². The molecule has 0 aromatic heterocycles. The van der Waals surface area contributed by atoms with E-state index in [1.54, 1.807) is 23.1 Å². The van der Waals surface area contributed by atoms with Crippen molar-refractivity contribution in [1.82, 2.24) is 4.90 Å². The molecular weight excluding hydrogens is 257 g/mol. The molecule has 0 bridgehead atoms. The number of carbonyl (C=O) groups is 1. The number of hydrogen-bond acceptors (Lipinski definition) is 3. The number of carbonyl (C=O) groups excluding carboxylic acids is 1. The normalized spacial score (nSPS) is 18.2. The fourth-order valence-corrected chi connectivity index (χ4v) is 2.87. The molecular formula is C12H10FNOS2. The van der Waals surface area contributed by atoms with Crippen LogP contribution in [0.4, 0.5) is 4.39 Å². The molecule has 0 spiro atoms. The molecule has 0 N–H and O–H groups in total. The number of amides is 1. The maximum Gasteiger partial charge on any atom is 0.266 e. The van der Waals surface area contributed by atoms with Gasteiger partial charge in [0.05, 0.1) is 4.91 Å². The topological polar surface area (TPSA) is 20.3 Å². The second-order valence-corrected chi connectivity index (χ2v) is 5.15. The van der Waals surface area contributed by atoms with Gasteiger partial charge in [-0.15, -0.1) is 0 Å². The molecule has 1 amide bonds. The molecule has 1 aromatic rings. The number of rotatable bonds is 2. The minimum atomic E-state index is -0.289. The molecule has 1 saturated heterocycles. The van der Waals surface area contributed by atoms with Crippen molar-refractivity contribution >= 4 is 40.3 Å². The number of benzene rings is 1. The van der Waals surface area contributed by atoms with Gasteiger partial charge in [0.2, 0.25) is 0 Å². The Morgan fingerprint density at radius 3 is 2.59 bits per heavy atom. The predicted molar refractivity (Wildman–Crippen MR) is 72.0 cm³/mol. The van der Waals surface area contributed by atoms with Gasteiger partial charge in [-0.05, 0) is 30.7 Å². The second kappa shape index (κ2) is 4.98. The van der Waals surface area contributed by atoms with E-state index < -0.39 is 0 Å². The highest BCUT2D eigenvalue weighted by Gasteiger charge is 2.30. The van der Waals surface area contributed by atoms with Gasteiger partial charge in [-0.25, -0.2) is 4.39 Å². The molecule has 2 nitrogen and oxygen atoms in total. The SMILES string of the molecule is CCN1C(=O)C(=Cc2ccc(F)cc2)SC1=S. The third-order valence-corrected chi connectivity index (χ3v) is 3.74. The van der Waals surface area contributed by atoms with Gasteiger partial charge in [0, 0.05) is 6.54 Å². The van der Waals surface area contributed by atoms with Crippen LogP contribution in [0.15, 0.2) is 29.2 Å². The van der Waals surface area contributed by atoms with Crippen molar-refractivity contribution in [2.24, 2.45) is 0 Å². The number of thiocarbonyl (C=S) groups is 1. The van der Waals surface area contributed by atoms with Crippen molar-refractivity contribution in [2.75, 3.05) is 6.54 Å². The van der Waals surface area contributed by atoms with E-state index in [2.05, 4.69) is 0 Å².